The second-order valence-corrected chi connectivity index (χ2v) is 4.18. The van der Waals surface area contributed by atoms with E-state index in [4.69, 9.17) is 14.2 Å². The maximum absolute atomic E-state index is 9.56. The number of aromatic nitrogens is 1. The number of nitrogens with zero attached hydrogens (tertiary/aromatic N) is 1. The van der Waals surface area contributed by atoms with Crippen molar-refractivity contribution in [1.82, 2.24) is 4.98 Å². The van der Waals surface area contributed by atoms with E-state index in [0.29, 0.717) is 28.6 Å². The van der Waals surface area contributed by atoms with Gasteiger partial charge in [0.05, 0.1) is 32.7 Å². The molecule has 0 saturated carbocycles. The van der Waals surface area contributed by atoms with Crippen molar-refractivity contribution >= 4 is 0 Å². The third kappa shape index (κ3) is 2.34. The van der Waals surface area contributed by atoms with E-state index in [1.165, 1.54) is 0 Å². The lowest BCUT2D eigenvalue weighted by molar-refractivity contribution is 0.325. The number of hydrogen-bond acceptors (Lipinski definition) is 5. The molecular weight excluding hydrogens is 258 g/mol. The first-order valence-electron chi connectivity index (χ1n) is 6.08. The van der Waals surface area contributed by atoms with Crippen molar-refractivity contribution in [3.05, 3.63) is 30.0 Å². The molecular formula is C15H17NO4. The van der Waals surface area contributed by atoms with E-state index in [-0.39, 0.29) is 5.75 Å². The van der Waals surface area contributed by atoms with E-state index < -0.39 is 0 Å². The van der Waals surface area contributed by atoms with Gasteiger partial charge >= 0.3 is 0 Å². The van der Waals surface area contributed by atoms with E-state index in [2.05, 4.69) is 4.98 Å². The van der Waals surface area contributed by atoms with E-state index in [1.54, 1.807) is 46.5 Å². The topological polar surface area (TPSA) is 60.8 Å². The van der Waals surface area contributed by atoms with E-state index in [0.717, 1.165) is 5.56 Å². The lowest BCUT2D eigenvalue weighted by Gasteiger charge is -2.15. The van der Waals surface area contributed by atoms with Crippen molar-refractivity contribution in [2.24, 2.45) is 0 Å². The zero-order valence-electron chi connectivity index (χ0n) is 11.9. The Labute approximate surface area is 117 Å². The van der Waals surface area contributed by atoms with Crippen LogP contribution in [-0.4, -0.2) is 31.4 Å². The van der Waals surface area contributed by atoms with Gasteiger partial charge in [0, 0.05) is 5.56 Å². The van der Waals surface area contributed by atoms with Crippen molar-refractivity contribution in [2.75, 3.05) is 21.3 Å². The standard InChI is InChI=1S/C15H17NO4/c1-9-12(17)7-6-11(16-9)10-5-8-13(18-2)15(20-4)14(10)19-3/h5-8,17H,1-4H3. The minimum Gasteiger partial charge on any atom is -0.506 e. The summed E-state index contributed by atoms with van der Waals surface area (Å²) in [6, 6.07) is 6.97. The van der Waals surface area contributed by atoms with Crippen LogP contribution in [0.2, 0.25) is 0 Å². The first-order chi connectivity index (χ1) is 9.62. The molecule has 1 aromatic carbocycles. The van der Waals surface area contributed by atoms with E-state index in [9.17, 15) is 5.11 Å². The highest BCUT2D eigenvalue weighted by Gasteiger charge is 2.18. The fraction of sp³-hybridized carbons (Fsp3) is 0.267. The molecule has 1 N–H and O–H groups in total. The minimum atomic E-state index is 0.160. The SMILES string of the molecule is COc1ccc(-c2ccc(O)c(C)n2)c(OC)c1OC. The van der Waals surface area contributed by atoms with Crippen molar-refractivity contribution in [3.8, 4) is 34.3 Å². The lowest BCUT2D eigenvalue weighted by atomic mass is 10.1. The molecule has 0 unspecified atom stereocenters. The molecule has 106 valence electrons. The molecule has 1 heterocycles. The van der Waals surface area contributed by atoms with Gasteiger partial charge in [-0.2, -0.15) is 0 Å². The highest BCUT2D eigenvalue weighted by molar-refractivity contribution is 5.74. The predicted octanol–water partition coefficient (Wildman–Crippen LogP) is 2.79. The van der Waals surface area contributed by atoms with Crippen molar-refractivity contribution in [3.63, 3.8) is 0 Å². The van der Waals surface area contributed by atoms with E-state index >= 15 is 0 Å². The van der Waals surface area contributed by atoms with Gasteiger partial charge in [0.15, 0.2) is 11.5 Å². The van der Waals surface area contributed by atoms with Crippen LogP contribution in [0.25, 0.3) is 11.3 Å². The maximum Gasteiger partial charge on any atom is 0.203 e. The van der Waals surface area contributed by atoms with Gasteiger partial charge in [-0.1, -0.05) is 0 Å². The van der Waals surface area contributed by atoms with Crippen LogP contribution in [0.1, 0.15) is 5.69 Å². The van der Waals surface area contributed by atoms with Crippen LogP contribution in [-0.2, 0) is 0 Å². The number of aryl methyl sites for hydroxylation is 1. The number of benzene rings is 1. The van der Waals surface area contributed by atoms with Crippen molar-refractivity contribution in [2.45, 2.75) is 6.92 Å². The Kier molecular flexibility index (Phi) is 3.98. The summed E-state index contributed by atoms with van der Waals surface area (Å²) in [5.41, 5.74) is 2.02. The Bertz CT molecular complexity index is 626. The summed E-state index contributed by atoms with van der Waals surface area (Å²) in [6.45, 7) is 1.74. The molecule has 0 spiro atoms. The summed E-state index contributed by atoms with van der Waals surface area (Å²) in [6.07, 6.45) is 0. The van der Waals surface area contributed by atoms with Gasteiger partial charge in [-0.05, 0) is 31.2 Å². The van der Waals surface area contributed by atoms with Crippen LogP contribution < -0.4 is 14.2 Å². The molecule has 0 aliphatic carbocycles. The van der Waals surface area contributed by atoms with Crippen LogP contribution >= 0.6 is 0 Å². The number of aromatic hydroxyl groups is 1. The number of pyridine rings is 1. The first kappa shape index (κ1) is 14.0. The Hall–Kier alpha value is -2.43. The summed E-state index contributed by atoms with van der Waals surface area (Å²) >= 11 is 0. The molecule has 2 aromatic rings. The molecule has 0 saturated heterocycles. The number of methoxy groups -OCH3 is 3. The summed E-state index contributed by atoms with van der Waals surface area (Å²) in [7, 11) is 4.69. The normalized spacial score (nSPS) is 10.2. The zero-order chi connectivity index (χ0) is 14.7. The average Bonchev–Trinajstić information content (AvgIpc) is 2.48. The van der Waals surface area contributed by atoms with Gasteiger partial charge in [-0.15, -0.1) is 0 Å². The smallest absolute Gasteiger partial charge is 0.203 e. The zero-order valence-corrected chi connectivity index (χ0v) is 11.9. The molecule has 0 radical (unpaired) electrons. The molecule has 0 amide bonds. The predicted molar refractivity (Wildman–Crippen MR) is 75.7 cm³/mol. The Morgan fingerprint density at radius 2 is 1.60 bits per heavy atom. The molecule has 1 aromatic heterocycles. The molecule has 20 heavy (non-hydrogen) atoms. The summed E-state index contributed by atoms with van der Waals surface area (Å²) < 4.78 is 16.0. The third-order valence-electron chi connectivity index (χ3n) is 3.04. The van der Waals surface area contributed by atoms with Gasteiger partial charge in [0.2, 0.25) is 5.75 Å². The lowest BCUT2D eigenvalue weighted by Crippen LogP contribution is -1.98. The second kappa shape index (κ2) is 5.69. The molecule has 0 fully saturated rings. The highest BCUT2D eigenvalue weighted by Crippen LogP contribution is 2.43. The fourth-order valence-corrected chi connectivity index (χ4v) is 2.01. The van der Waals surface area contributed by atoms with Crippen molar-refractivity contribution < 1.29 is 19.3 Å². The average molecular weight is 275 g/mol. The van der Waals surface area contributed by atoms with Crippen LogP contribution in [0, 0.1) is 6.92 Å². The Balaban J connectivity index is 2.64. The largest absolute Gasteiger partial charge is 0.506 e. The summed E-state index contributed by atoms with van der Waals surface area (Å²) in [5, 5.41) is 9.56. The maximum atomic E-state index is 9.56. The molecule has 0 bridgehead atoms. The second-order valence-electron chi connectivity index (χ2n) is 4.18. The van der Waals surface area contributed by atoms with Gasteiger partial charge in [0.1, 0.15) is 5.75 Å². The number of ether oxygens (including phenoxy) is 3. The molecule has 2 rings (SSSR count). The van der Waals surface area contributed by atoms with Crippen LogP contribution in [0.3, 0.4) is 0 Å². The molecule has 5 nitrogen and oxygen atoms in total. The summed E-state index contributed by atoms with van der Waals surface area (Å²) in [5.74, 6) is 1.81. The van der Waals surface area contributed by atoms with E-state index in [1.807, 2.05) is 6.07 Å². The van der Waals surface area contributed by atoms with Crippen LogP contribution in [0.5, 0.6) is 23.0 Å². The number of hydrogen-bond donors (Lipinski definition) is 1. The van der Waals surface area contributed by atoms with Crippen LogP contribution in [0.15, 0.2) is 24.3 Å². The quantitative estimate of drug-likeness (QED) is 0.929. The highest BCUT2D eigenvalue weighted by atomic mass is 16.5. The van der Waals surface area contributed by atoms with Gasteiger partial charge in [-0.3, -0.25) is 0 Å². The van der Waals surface area contributed by atoms with Gasteiger partial charge in [-0.25, -0.2) is 4.98 Å². The molecule has 5 heteroatoms. The van der Waals surface area contributed by atoms with Gasteiger partial charge < -0.3 is 19.3 Å². The third-order valence-corrected chi connectivity index (χ3v) is 3.04. The van der Waals surface area contributed by atoms with Crippen LogP contribution in [0.4, 0.5) is 0 Å². The minimum absolute atomic E-state index is 0.160. The number of rotatable bonds is 4. The monoisotopic (exact) mass is 275 g/mol. The summed E-state index contributed by atoms with van der Waals surface area (Å²) in [4.78, 5) is 4.36. The Morgan fingerprint density at radius 1 is 0.900 bits per heavy atom. The van der Waals surface area contributed by atoms with Crippen molar-refractivity contribution in [1.29, 1.82) is 0 Å². The Morgan fingerprint density at radius 3 is 2.15 bits per heavy atom. The molecule has 0 aliphatic rings. The molecule has 0 atom stereocenters. The molecule has 0 aliphatic heterocycles. The fourth-order valence-electron chi connectivity index (χ4n) is 2.01. The van der Waals surface area contributed by atoms with Gasteiger partial charge in [0.25, 0.3) is 0 Å². The first-order valence-corrected chi connectivity index (χ1v) is 6.08.